The van der Waals surface area contributed by atoms with E-state index in [4.69, 9.17) is 19.4 Å². The van der Waals surface area contributed by atoms with Crippen molar-refractivity contribution < 1.29 is 29.0 Å². The normalized spacial score (nSPS) is 19.1. The molecule has 1 unspecified atom stereocenters. The lowest BCUT2D eigenvalue weighted by molar-refractivity contribution is -0.150. The molecule has 10 nitrogen and oxygen atoms in total. The Labute approximate surface area is 192 Å². The zero-order valence-corrected chi connectivity index (χ0v) is 19.1. The molecule has 0 bridgehead atoms. The van der Waals surface area contributed by atoms with Gasteiger partial charge in [-0.25, -0.2) is 4.68 Å². The average Bonchev–Trinajstić information content (AvgIpc) is 3.39. The molecule has 1 aromatic carbocycles. The van der Waals surface area contributed by atoms with Crippen LogP contribution in [0.3, 0.4) is 0 Å². The Balaban J connectivity index is 0.000000968. The fourth-order valence-corrected chi connectivity index (χ4v) is 4.46. The van der Waals surface area contributed by atoms with Crippen LogP contribution in [0.5, 0.6) is 5.75 Å². The van der Waals surface area contributed by atoms with Crippen LogP contribution < -0.4 is 4.74 Å². The summed E-state index contributed by atoms with van der Waals surface area (Å²) < 4.78 is 12.6. The maximum atomic E-state index is 13.0. The minimum Gasteiger partial charge on any atom is -0.494 e. The first-order valence-electron chi connectivity index (χ1n) is 10.7. The third kappa shape index (κ3) is 5.33. The van der Waals surface area contributed by atoms with Crippen molar-refractivity contribution in [1.82, 2.24) is 19.6 Å². The number of carbonyl (C=O) groups excluding carboxylic acids is 2. The molecule has 2 saturated heterocycles. The van der Waals surface area contributed by atoms with E-state index in [1.165, 1.54) is 0 Å². The van der Waals surface area contributed by atoms with E-state index < -0.39 is 5.41 Å². The SMILES string of the molecule is COc1ccccc1-n1cc(C(=O)N2CCC3(CC2)CC(CN(C)C)OC3=O)cn1.O=CO. The van der Waals surface area contributed by atoms with Gasteiger partial charge in [0.15, 0.2) is 0 Å². The first-order valence-corrected chi connectivity index (χ1v) is 10.7. The predicted octanol–water partition coefficient (Wildman–Crippen LogP) is 1.68. The minimum absolute atomic E-state index is 0.0613. The molecule has 1 N–H and O–H groups in total. The maximum Gasteiger partial charge on any atom is 0.312 e. The van der Waals surface area contributed by atoms with Crippen molar-refractivity contribution in [3.8, 4) is 11.4 Å². The standard InChI is InChI=1S/C22H28N4O4.CH2O2/c1-24(2)15-17-12-22(21(28)30-17)8-10-25(11-9-22)20(27)16-13-23-26(14-16)18-6-4-5-7-19(18)29-3;2-1-3/h4-7,13-14,17H,8-12,15H2,1-3H3;1H,(H,2,3). The molecular formula is C23H30N4O6. The van der Waals surface area contributed by atoms with Crippen LogP contribution >= 0.6 is 0 Å². The number of aromatic nitrogens is 2. The summed E-state index contributed by atoms with van der Waals surface area (Å²) in [5.74, 6) is 0.513. The Kier molecular flexibility index (Phi) is 7.70. The maximum absolute atomic E-state index is 13.0. The molecule has 2 aromatic rings. The van der Waals surface area contributed by atoms with Gasteiger partial charge in [0, 0.05) is 32.3 Å². The number of amides is 1. The smallest absolute Gasteiger partial charge is 0.312 e. The largest absolute Gasteiger partial charge is 0.494 e. The zero-order chi connectivity index (χ0) is 24.0. The molecular weight excluding hydrogens is 428 g/mol. The summed E-state index contributed by atoms with van der Waals surface area (Å²) in [5, 5.41) is 11.2. The molecule has 2 fully saturated rings. The van der Waals surface area contributed by atoms with Crippen LogP contribution in [0.15, 0.2) is 36.7 Å². The van der Waals surface area contributed by atoms with Crippen LogP contribution in [0, 0.1) is 5.41 Å². The molecule has 2 aliphatic rings. The second kappa shape index (κ2) is 10.5. The third-order valence-corrected chi connectivity index (χ3v) is 6.06. The van der Waals surface area contributed by atoms with Crippen molar-refractivity contribution in [1.29, 1.82) is 0 Å². The number of likely N-dealkylation sites (tertiary alicyclic amines) is 1. The van der Waals surface area contributed by atoms with Crippen LogP contribution in [0.4, 0.5) is 0 Å². The van der Waals surface area contributed by atoms with Crippen molar-refractivity contribution in [3.05, 3.63) is 42.2 Å². The molecule has 1 spiro atoms. The van der Waals surface area contributed by atoms with Gasteiger partial charge in [-0.1, -0.05) is 12.1 Å². The van der Waals surface area contributed by atoms with E-state index in [1.54, 1.807) is 29.1 Å². The fourth-order valence-electron chi connectivity index (χ4n) is 4.46. The minimum atomic E-state index is -0.445. The number of nitrogens with zero attached hydrogens (tertiary/aromatic N) is 4. The van der Waals surface area contributed by atoms with Gasteiger partial charge in [0.05, 0.1) is 24.3 Å². The zero-order valence-electron chi connectivity index (χ0n) is 19.1. The lowest BCUT2D eigenvalue weighted by Gasteiger charge is -2.36. The van der Waals surface area contributed by atoms with E-state index in [0.29, 0.717) is 37.2 Å². The number of likely N-dealkylation sites (N-methyl/N-ethyl adjacent to an activating group) is 1. The molecule has 178 valence electrons. The molecule has 1 aromatic heterocycles. The summed E-state index contributed by atoms with van der Waals surface area (Å²) in [6, 6.07) is 7.53. The molecule has 0 aliphatic carbocycles. The highest BCUT2D eigenvalue weighted by Gasteiger charge is 2.50. The van der Waals surface area contributed by atoms with E-state index in [-0.39, 0.29) is 24.5 Å². The summed E-state index contributed by atoms with van der Waals surface area (Å²) in [5.41, 5.74) is 0.854. The van der Waals surface area contributed by atoms with Crippen LogP contribution in [-0.2, 0) is 14.3 Å². The van der Waals surface area contributed by atoms with Crippen LogP contribution in [-0.4, -0.2) is 90.0 Å². The van der Waals surface area contributed by atoms with Crippen LogP contribution in [0.1, 0.15) is 29.6 Å². The number of carbonyl (C=O) groups is 3. The molecule has 1 atom stereocenters. The summed E-state index contributed by atoms with van der Waals surface area (Å²) in [6.45, 7) is 1.57. The van der Waals surface area contributed by atoms with Gasteiger partial charge in [-0.15, -0.1) is 0 Å². The summed E-state index contributed by atoms with van der Waals surface area (Å²) in [7, 11) is 5.56. The summed E-state index contributed by atoms with van der Waals surface area (Å²) in [4.78, 5) is 37.8. The van der Waals surface area contributed by atoms with Crippen molar-refractivity contribution in [2.45, 2.75) is 25.4 Å². The van der Waals surface area contributed by atoms with Gasteiger partial charge in [0.1, 0.15) is 17.5 Å². The predicted molar refractivity (Wildman–Crippen MR) is 119 cm³/mol. The van der Waals surface area contributed by atoms with Crippen molar-refractivity contribution in [2.24, 2.45) is 5.41 Å². The molecule has 0 radical (unpaired) electrons. The molecule has 4 rings (SSSR count). The molecule has 2 aliphatic heterocycles. The molecule has 3 heterocycles. The Morgan fingerprint density at radius 2 is 2.00 bits per heavy atom. The van der Waals surface area contributed by atoms with Gasteiger partial charge < -0.3 is 24.4 Å². The highest BCUT2D eigenvalue weighted by molar-refractivity contribution is 5.94. The molecule has 0 saturated carbocycles. The Hall–Kier alpha value is -3.40. The highest BCUT2D eigenvalue weighted by Crippen LogP contribution is 2.43. The van der Waals surface area contributed by atoms with E-state index in [9.17, 15) is 9.59 Å². The van der Waals surface area contributed by atoms with Crippen LogP contribution in [0.2, 0.25) is 0 Å². The van der Waals surface area contributed by atoms with Crippen molar-refractivity contribution in [3.63, 3.8) is 0 Å². The molecule has 10 heteroatoms. The number of cyclic esters (lactones) is 1. The number of ether oxygens (including phenoxy) is 2. The van der Waals surface area contributed by atoms with Gasteiger partial charge in [-0.2, -0.15) is 5.10 Å². The monoisotopic (exact) mass is 458 g/mol. The first-order chi connectivity index (χ1) is 15.8. The number of methoxy groups -OCH3 is 1. The quantitative estimate of drug-likeness (QED) is 0.532. The van der Waals surface area contributed by atoms with Crippen LogP contribution in [0.25, 0.3) is 5.69 Å². The summed E-state index contributed by atoms with van der Waals surface area (Å²) in [6.07, 6.45) is 5.26. The number of rotatable bonds is 5. The molecule has 33 heavy (non-hydrogen) atoms. The number of esters is 1. The average molecular weight is 459 g/mol. The number of carboxylic acid groups (broad SMARTS) is 1. The van der Waals surface area contributed by atoms with E-state index >= 15 is 0 Å². The third-order valence-electron chi connectivity index (χ3n) is 6.06. The number of piperidine rings is 1. The van der Waals surface area contributed by atoms with E-state index in [2.05, 4.69) is 5.10 Å². The summed E-state index contributed by atoms with van der Waals surface area (Å²) >= 11 is 0. The second-order valence-corrected chi connectivity index (χ2v) is 8.52. The number of hydrogen-bond donors (Lipinski definition) is 1. The second-order valence-electron chi connectivity index (χ2n) is 8.52. The van der Waals surface area contributed by atoms with Gasteiger partial charge in [0.25, 0.3) is 12.4 Å². The lowest BCUT2D eigenvalue weighted by atomic mass is 9.76. The fraction of sp³-hybridized carbons (Fsp3) is 0.478. The Bertz CT molecular complexity index is 981. The number of benzene rings is 1. The first kappa shape index (κ1) is 24.2. The van der Waals surface area contributed by atoms with Gasteiger partial charge in [-0.3, -0.25) is 14.4 Å². The van der Waals surface area contributed by atoms with Gasteiger partial charge in [-0.05, 0) is 39.1 Å². The van der Waals surface area contributed by atoms with Crippen molar-refractivity contribution in [2.75, 3.05) is 40.8 Å². The van der Waals surface area contributed by atoms with E-state index in [0.717, 1.165) is 18.7 Å². The Morgan fingerprint density at radius 3 is 2.64 bits per heavy atom. The Morgan fingerprint density at radius 1 is 1.33 bits per heavy atom. The number of hydrogen-bond acceptors (Lipinski definition) is 7. The van der Waals surface area contributed by atoms with Gasteiger partial charge in [0.2, 0.25) is 0 Å². The number of para-hydroxylation sites is 2. The van der Waals surface area contributed by atoms with Crippen molar-refractivity contribution >= 4 is 18.3 Å². The lowest BCUT2D eigenvalue weighted by Crippen LogP contribution is -2.45. The topological polar surface area (TPSA) is 114 Å². The molecule has 1 amide bonds. The highest BCUT2D eigenvalue weighted by atomic mass is 16.6. The van der Waals surface area contributed by atoms with E-state index in [1.807, 2.05) is 43.3 Å². The van der Waals surface area contributed by atoms with Gasteiger partial charge >= 0.3 is 5.97 Å².